The Morgan fingerprint density at radius 3 is 2.21 bits per heavy atom. The highest BCUT2D eigenvalue weighted by Gasteiger charge is 2.34. The van der Waals surface area contributed by atoms with Crippen LogP contribution in [0.3, 0.4) is 0 Å². The third kappa shape index (κ3) is 3.14. The lowest BCUT2D eigenvalue weighted by atomic mass is 9.79. The van der Waals surface area contributed by atoms with Gasteiger partial charge in [0.2, 0.25) is 0 Å². The van der Waals surface area contributed by atoms with E-state index in [1.54, 1.807) is 0 Å². The first-order valence-electron chi connectivity index (χ1n) is 6.23. The van der Waals surface area contributed by atoms with E-state index in [1.807, 2.05) is 0 Å². The lowest BCUT2D eigenvalue weighted by molar-refractivity contribution is -0.140. The first-order valence-corrected chi connectivity index (χ1v) is 6.23. The molecule has 1 fully saturated rings. The highest BCUT2D eigenvalue weighted by Crippen LogP contribution is 2.37. The smallest absolute Gasteiger partial charge is 0.303 e. The minimum absolute atomic E-state index is 0.0375. The van der Waals surface area contributed by atoms with Crippen LogP contribution < -0.4 is 0 Å². The molecule has 0 radical (unpaired) electrons. The molecule has 0 aliphatic heterocycles. The van der Waals surface area contributed by atoms with Gasteiger partial charge in [-0.2, -0.15) is 13.2 Å². The van der Waals surface area contributed by atoms with Crippen LogP contribution in [0, 0.1) is 11.7 Å². The summed E-state index contributed by atoms with van der Waals surface area (Å²) in [6.45, 7) is 0. The quantitative estimate of drug-likeness (QED) is 0.580. The molecule has 5 heteroatoms. The van der Waals surface area contributed by atoms with Crippen molar-refractivity contribution in [3.8, 4) is 0 Å². The van der Waals surface area contributed by atoms with Gasteiger partial charge in [0, 0.05) is 5.92 Å². The molecule has 1 aromatic rings. The lowest BCUT2D eigenvalue weighted by Gasteiger charge is -2.26. The second-order valence-electron chi connectivity index (χ2n) is 4.98. The van der Waals surface area contributed by atoms with Crippen molar-refractivity contribution in [3.63, 3.8) is 0 Å². The zero-order chi connectivity index (χ0) is 14.0. The van der Waals surface area contributed by atoms with Crippen LogP contribution in [0.4, 0.5) is 17.6 Å². The standard InChI is InChI=1S/C14H14F4O/c15-13-7-11(5-6-12(13)14(16,17)18)10-3-1-9(8-19)2-4-10/h5-10H,1-4H2. The van der Waals surface area contributed by atoms with Crippen LogP contribution in [0.5, 0.6) is 0 Å². The maximum Gasteiger partial charge on any atom is 0.419 e. The van der Waals surface area contributed by atoms with Gasteiger partial charge in [-0.3, -0.25) is 0 Å². The third-order valence-corrected chi connectivity index (χ3v) is 3.73. The van der Waals surface area contributed by atoms with Crippen molar-refractivity contribution >= 4 is 6.29 Å². The Labute approximate surface area is 108 Å². The van der Waals surface area contributed by atoms with E-state index in [1.165, 1.54) is 6.07 Å². The molecule has 0 bridgehead atoms. The second-order valence-corrected chi connectivity index (χ2v) is 4.98. The molecular formula is C14H14F4O. The molecule has 0 unspecified atom stereocenters. The van der Waals surface area contributed by atoms with Crippen molar-refractivity contribution in [3.05, 3.63) is 35.1 Å². The predicted octanol–water partition coefficient (Wildman–Crippen LogP) is 4.32. The van der Waals surface area contributed by atoms with Gasteiger partial charge in [0.25, 0.3) is 0 Å². The number of hydrogen-bond acceptors (Lipinski definition) is 1. The van der Waals surface area contributed by atoms with Gasteiger partial charge in [0.05, 0.1) is 5.56 Å². The van der Waals surface area contributed by atoms with E-state index < -0.39 is 17.6 Å². The highest BCUT2D eigenvalue weighted by atomic mass is 19.4. The lowest BCUT2D eigenvalue weighted by Crippen LogP contribution is -2.15. The number of rotatable bonds is 2. The molecule has 0 saturated heterocycles. The molecular weight excluding hydrogens is 260 g/mol. The zero-order valence-corrected chi connectivity index (χ0v) is 10.2. The van der Waals surface area contributed by atoms with Crippen LogP contribution in [-0.4, -0.2) is 6.29 Å². The molecule has 2 rings (SSSR count). The van der Waals surface area contributed by atoms with Gasteiger partial charge in [-0.15, -0.1) is 0 Å². The molecule has 0 N–H and O–H groups in total. The van der Waals surface area contributed by atoms with Gasteiger partial charge in [0.1, 0.15) is 12.1 Å². The largest absolute Gasteiger partial charge is 0.419 e. The molecule has 1 aromatic carbocycles. The average molecular weight is 274 g/mol. The molecule has 0 atom stereocenters. The topological polar surface area (TPSA) is 17.1 Å². The summed E-state index contributed by atoms with van der Waals surface area (Å²) in [6.07, 6.45) is -0.864. The maximum atomic E-state index is 13.5. The Balaban J connectivity index is 2.15. The molecule has 1 aliphatic rings. The SMILES string of the molecule is O=CC1CCC(c2ccc(C(F)(F)F)c(F)c2)CC1. The van der Waals surface area contributed by atoms with E-state index in [0.29, 0.717) is 18.4 Å². The average Bonchev–Trinajstić information content (AvgIpc) is 2.37. The summed E-state index contributed by atoms with van der Waals surface area (Å²) in [4.78, 5) is 10.6. The van der Waals surface area contributed by atoms with E-state index in [9.17, 15) is 22.4 Å². The van der Waals surface area contributed by atoms with Crippen LogP contribution in [0.2, 0.25) is 0 Å². The summed E-state index contributed by atoms with van der Waals surface area (Å²) in [5.41, 5.74) is -0.632. The molecule has 19 heavy (non-hydrogen) atoms. The van der Waals surface area contributed by atoms with Crippen molar-refractivity contribution in [1.82, 2.24) is 0 Å². The Morgan fingerprint density at radius 1 is 1.11 bits per heavy atom. The van der Waals surface area contributed by atoms with Gasteiger partial charge in [-0.05, 0) is 49.3 Å². The van der Waals surface area contributed by atoms with Gasteiger partial charge in [0.15, 0.2) is 0 Å². The molecule has 0 amide bonds. The van der Waals surface area contributed by atoms with Gasteiger partial charge in [-0.25, -0.2) is 4.39 Å². The minimum Gasteiger partial charge on any atom is -0.303 e. The van der Waals surface area contributed by atoms with Crippen LogP contribution in [0.25, 0.3) is 0 Å². The molecule has 1 aliphatic carbocycles. The molecule has 1 nitrogen and oxygen atoms in total. The summed E-state index contributed by atoms with van der Waals surface area (Å²) in [5.74, 6) is -1.13. The van der Waals surface area contributed by atoms with E-state index in [0.717, 1.165) is 31.3 Å². The monoisotopic (exact) mass is 274 g/mol. The van der Waals surface area contributed by atoms with Gasteiger partial charge in [-0.1, -0.05) is 6.07 Å². The number of carbonyl (C=O) groups excluding carboxylic acids is 1. The van der Waals surface area contributed by atoms with E-state index in [2.05, 4.69) is 0 Å². The van der Waals surface area contributed by atoms with Crippen LogP contribution in [-0.2, 0) is 11.0 Å². The summed E-state index contributed by atoms with van der Waals surface area (Å²) >= 11 is 0. The fourth-order valence-electron chi connectivity index (χ4n) is 2.60. The van der Waals surface area contributed by atoms with Crippen molar-refractivity contribution < 1.29 is 22.4 Å². The molecule has 0 aromatic heterocycles. The fraction of sp³-hybridized carbons (Fsp3) is 0.500. The van der Waals surface area contributed by atoms with E-state index in [4.69, 9.17) is 0 Å². The number of benzene rings is 1. The van der Waals surface area contributed by atoms with Crippen LogP contribution in [0.1, 0.15) is 42.7 Å². The molecule has 104 valence electrons. The summed E-state index contributed by atoms with van der Waals surface area (Å²) in [5, 5.41) is 0. The van der Waals surface area contributed by atoms with E-state index in [-0.39, 0.29) is 11.8 Å². The predicted molar refractivity (Wildman–Crippen MR) is 62.2 cm³/mol. The summed E-state index contributed by atoms with van der Waals surface area (Å²) in [6, 6.07) is 3.13. The van der Waals surface area contributed by atoms with Crippen LogP contribution >= 0.6 is 0 Å². The Kier molecular flexibility index (Phi) is 3.92. The molecule has 0 heterocycles. The van der Waals surface area contributed by atoms with Gasteiger partial charge < -0.3 is 4.79 Å². The van der Waals surface area contributed by atoms with Crippen molar-refractivity contribution in [2.24, 2.45) is 5.92 Å². The van der Waals surface area contributed by atoms with Crippen molar-refractivity contribution in [1.29, 1.82) is 0 Å². The van der Waals surface area contributed by atoms with Crippen LogP contribution in [0.15, 0.2) is 18.2 Å². The summed E-state index contributed by atoms with van der Waals surface area (Å²) in [7, 11) is 0. The van der Waals surface area contributed by atoms with Crippen molar-refractivity contribution in [2.45, 2.75) is 37.8 Å². The van der Waals surface area contributed by atoms with Crippen molar-refractivity contribution in [2.75, 3.05) is 0 Å². The summed E-state index contributed by atoms with van der Waals surface area (Å²) < 4.78 is 50.8. The highest BCUT2D eigenvalue weighted by molar-refractivity contribution is 5.53. The maximum absolute atomic E-state index is 13.5. The number of halogens is 4. The Morgan fingerprint density at radius 2 is 1.74 bits per heavy atom. The number of hydrogen-bond donors (Lipinski definition) is 0. The fourth-order valence-corrected chi connectivity index (χ4v) is 2.60. The number of aldehydes is 1. The third-order valence-electron chi connectivity index (χ3n) is 3.73. The zero-order valence-electron chi connectivity index (χ0n) is 10.2. The first-order chi connectivity index (χ1) is 8.91. The number of alkyl halides is 3. The molecule has 1 saturated carbocycles. The normalized spacial score (nSPS) is 24.2. The minimum atomic E-state index is -4.65. The molecule has 0 spiro atoms. The van der Waals surface area contributed by atoms with E-state index >= 15 is 0 Å². The second kappa shape index (κ2) is 5.31. The first kappa shape index (κ1) is 14.0. The van der Waals surface area contributed by atoms with Gasteiger partial charge >= 0.3 is 6.18 Å². The Bertz CT molecular complexity index is 459. The number of carbonyl (C=O) groups is 1. The Hall–Kier alpha value is -1.39.